The number of aromatic nitrogens is 4. The minimum atomic E-state index is 0.638. The molecule has 0 unspecified atom stereocenters. The summed E-state index contributed by atoms with van der Waals surface area (Å²) in [6, 6.07) is 0.638. The molecule has 13 heavy (non-hydrogen) atoms. The van der Waals surface area contributed by atoms with Crippen molar-refractivity contribution in [2.24, 2.45) is 0 Å². The van der Waals surface area contributed by atoms with Gasteiger partial charge in [0.25, 0.3) is 0 Å². The molecule has 3 rings (SSSR count). The molecule has 0 spiro atoms. The Labute approximate surface area is 75.6 Å². The third-order valence-corrected chi connectivity index (χ3v) is 2.38. The van der Waals surface area contributed by atoms with Crippen LogP contribution in [0.3, 0.4) is 0 Å². The molecular formula is C9H10N4. The number of fused-ring (bicyclic) bond motifs is 1. The predicted octanol–water partition coefficient (Wildman–Crippen LogP) is 1.47. The number of imidazole rings is 1. The third-order valence-electron chi connectivity index (χ3n) is 2.38. The molecule has 2 aromatic heterocycles. The summed E-state index contributed by atoms with van der Waals surface area (Å²) >= 11 is 0. The summed E-state index contributed by atoms with van der Waals surface area (Å²) < 4.78 is 2.16. The largest absolute Gasteiger partial charge is 0.312 e. The molecule has 4 nitrogen and oxygen atoms in total. The van der Waals surface area contributed by atoms with Gasteiger partial charge in [0.2, 0.25) is 0 Å². The summed E-state index contributed by atoms with van der Waals surface area (Å²) in [6.45, 7) is 1.91. The van der Waals surface area contributed by atoms with Gasteiger partial charge < -0.3 is 4.57 Å². The van der Waals surface area contributed by atoms with Crippen molar-refractivity contribution in [2.45, 2.75) is 25.8 Å². The highest BCUT2D eigenvalue weighted by Crippen LogP contribution is 2.36. The Morgan fingerprint density at radius 2 is 2.23 bits per heavy atom. The van der Waals surface area contributed by atoms with E-state index in [2.05, 4.69) is 19.5 Å². The van der Waals surface area contributed by atoms with Gasteiger partial charge in [0.1, 0.15) is 11.3 Å². The molecule has 2 aromatic rings. The second-order valence-corrected chi connectivity index (χ2v) is 3.51. The molecule has 1 fully saturated rings. The quantitative estimate of drug-likeness (QED) is 0.657. The van der Waals surface area contributed by atoms with E-state index in [9.17, 15) is 0 Å². The van der Waals surface area contributed by atoms with Crippen molar-refractivity contribution in [3.05, 3.63) is 18.3 Å². The molecule has 0 N–H and O–H groups in total. The maximum Gasteiger partial charge on any atom is 0.163 e. The smallest absolute Gasteiger partial charge is 0.163 e. The third kappa shape index (κ3) is 1.02. The van der Waals surface area contributed by atoms with E-state index >= 15 is 0 Å². The van der Waals surface area contributed by atoms with Gasteiger partial charge in [-0.3, -0.25) is 0 Å². The minimum Gasteiger partial charge on any atom is -0.312 e. The molecule has 2 heterocycles. The maximum atomic E-state index is 4.39. The van der Waals surface area contributed by atoms with Crippen LogP contribution in [0.4, 0.5) is 0 Å². The van der Waals surface area contributed by atoms with E-state index in [0.29, 0.717) is 6.04 Å². The Morgan fingerprint density at radius 1 is 1.38 bits per heavy atom. The summed E-state index contributed by atoms with van der Waals surface area (Å²) in [5, 5.41) is 0. The van der Waals surface area contributed by atoms with Gasteiger partial charge in [0, 0.05) is 6.04 Å². The van der Waals surface area contributed by atoms with Crippen molar-refractivity contribution in [1.29, 1.82) is 0 Å². The Balaban J connectivity index is 2.29. The molecule has 1 saturated carbocycles. The highest BCUT2D eigenvalue weighted by atomic mass is 15.2. The molecule has 0 atom stereocenters. The Morgan fingerprint density at radius 3 is 3.00 bits per heavy atom. The van der Waals surface area contributed by atoms with Crippen LogP contribution in [0.15, 0.2) is 12.5 Å². The zero-order chi connectivity index (χ0) is 8.84. The van der Waals surface area contributed by atoms with Crippen molar-refractivity contribution < 1.29 is 0 Å². The van der Waals surface area contributed by atoms with Crippen LogP contribution in [0, 0.1) is 6.92 Å². The van der Waals surface area contributed by atoms with E-state index in [1.807, 2.05) is 13.3 Å². The van der Waals surface area contributed by atoms with Crippen molar-refractivity contribution in [2.75, 3.05) is 0 Å². The van der Waals surface area contributed by atoms with Gasteiger partial charge in [-0.1, -0.05) is 0 Å². The van der Waals surface area contributed by atoms with Crippen LogP contribution in [-0.4, -0.2) is 19.5 Å². The van der Waals surface area contributed by atoms with E-state index in [1.165, 1.54) is 12.8 Å². The van der Waals surface area contributed by atoms with Gasteiger partial charge in [-0.2, -0.15) is 0 Å². The fourth-order valence-electron chi connectivity index (χ4n) is 1.53. The van der Waals surface area contributed by atoms with Crippen LogP contribution in [0.1, 0.15) is 24.7 Å². The molecule has 4 heteroatoms. The Bertz CT molecular complexity index is 456. The first-order valence-electron chi connectivity index (χ1n) is 4.51. The highest BCUT2D eigenvalue weighted by Gasteiger charge is 2.25. The van der Waals surface area contributed by atoms with Crippen molar-refractivity contribution >= 4 is 11.2 Å². The van der Waals surface area contributed by atoms with E-state index < -0.39 is 0 Å². The lowest BCUT2D eigenvalue weighted by Gasteiger charge is -1.98. The fraction of sp³-hybridized carbons (Fsp3) is 0.444. The normalized spacial score (nSPS) is 16.7. The standard InChI is InChI=1S/C9H10N4/c1-6-10-4-8-9(12-6)13(5-11-8)7-2-3-7/h4-5,7H,2-3H2,1H3. The van der Waals surface area contributed by atoms with E-state index in [1.54, 1.807) is 6.20 Å². The molecule has 0 bridgehead atoms. The summed E-state index contributed by atoms with van der Waals surface area (Å²) in [5.41, 5.74) is 1.88. The second kappa shape index (κ2) is 2.28. The Kier molecular flexibility index (Phi) is 1.23. The van der Waals surface area contributed by atoms with Crippen molar-refractivity contribution in [3.8, 4) is 0 Å². The van der Waals surface area contributed by atoms with Crippen molar-refractivity contribution in [1.82, 2.24) is 19.5 Å². The number of rotatable bonds is 1. The monoisotopic (exact) mass is 174 g/mol. The van der Waals surface area contributed by atoms with E-state index in [4.69, 9.17) is 0 Å². The summed E-state index contributed by atoms with van der Waals surface area (Å²) in [4.78, 5) is 12.8. The summed E-state index contributed by atoms with van der Waals surface area (Å²) in [6.07, 6.45) is 6.18. The lowest BCUT2D eigenvalue weighted by molar-refractivity contribution is 0.755. The average Bonchev–Trinajstić information content (AvgIpc) is 2.87. The topological polar surface area (TPSA) is 43.6 Å². The first kappa shape index (κ1) is 7.00. The SMILES string of the molecule is Cc1ncc2ncn(C3CC3)c2n1. The fourth-order valence-corrected chi connectivity index (χ4v) is 1.53. The molecular weight excluding hydrogens is 164 g/mol. The van der Waals surface area contributed by atoms with Gasteiger partial charge in [-0.05, 0) is 19.8 Å². The molecule has 66 valence electrons. The summed E-state index contributed by atoms with van der Waals surface area (Å²) in [5.74, 6) is 0.815. The van der Waals surface area contributed by atoms with Crippen LogP contribution in [-0.2, 0) is 0 Å². The number of hydrogen-bond acceptors (Lipinski definition) is 3. The summed E-state index contributed by atoms with van der Waals surface area (Å²) in [7, 11) is 0. The highest BCUT2D eigenvalue weighted by molar-refractivity contribution is 5.69. The number of nitrogens with zero attached hydrogens (tertiary/aromatic N) is 4. The Hall–Kier alpha value is -1.45. The maximum absolute atomic E-state index is 4.39. The molecule has 0 aliphatic heterocycles. The molecule has 0 amide bonds. The average molecular weight is 174 g/mol. The molecule has 0 aromatic carbocycles. The lowest BCUT2D eigenvalue weighted by atomic mass is 10.5. The first-order valence-corrected chi connectivity index (χ1v) is 4.51. The van der Waals surface area contributed by atoms with Crippen LogP contribution in [0.25, 0.3) is 11.2 Å². The van der Waals surface area contributed by atoms with Gasteiger partial charge in [-0.15, -0.1) is 0 Å². The van der Waals surface area contributed by atoms with Crippen LogP contribution >= 0.6 is 0 Å². The van der Waals surface area contributed by atoms with Crippen LogP contribution in [0.5, 0.6) is 0 Å². The van der Waals surface area contributed by atoms with Crippen molar-refractivity contribution in [3.63, 3.8) is 0 Å². The molecule has 1 aliphatic carbocycles. The zero-order valence-electron chi connectivity index (χ0n) is 7.44. The van der Waals surface area contributed by atoms with Gasteiger partial charge in [0.15, 0.2) is 5.65 Å². The predicted molar refractivity (Wildman–Crippen MR) is 48.3 cm³/mol. The minimum absolute atomic E-state index is 0.638. The molecule has 1 aliphatic rings. The number of aryl methyl sites for hydroxylation is 1. The lowest BCUT2D eigenvalue weighted by Crippen LogP contribution is -1.95. The molecule has 0 radical (unpaired) electrons. The van der Waals surface area contributed by atoms with Crippen LogP contribution < -0.4 is 0 Å². The second-order valence-electron chi connectivity index (χ2n) is 3.51. The van der Waals surface area contributed by atoms with Gasteiger partial charge >= 0.3 is 0 Å². The number of hydrogen-bond donors (Lipinski definition) is 0. The van der Waals surface area contributed by atoms with E-state index in [-0.39, 0.29) is 0 Å². The van der Waals surface area contributed by atoms with E-state index in [0.717, 1.165) is 17.0 Å². The molecule has 0 saturated heterocycles. The van der Waals surface area contributed by atoms with Gasteiger partial charge in [-0.25, -0.2) is 15.0 Å². The van der Waals surface area contributed by atoms with Gasteiger partial charge in [0.05, 0.1) is 12.5 Å². The zero-order valence-corrected chi connectivity index (χ0v) is 7.44. The van der Waals surface area contributed by atoms with Crippen LogP contribution in [0.2, 0.25) is 0 Å². The first-order chi connectivity index (χ1) is 6.34.